The van der Waals surface area contributed by atoms with Crippen LogP contribution in [0.1, 0.15) is 18.4 Å². The summed E-state index contributed by atoms with van der Waals surface area (Å²) in [6.07, 6.45) is 1.60. The van der Waals surface area contributed by atoms with Gasteiger partial charge in [-0.2, -0.15) is 0 Å². The largest absolute Gasteiger partial charge is 0.465 e. The summed E-state index contributed by atoms with van der Waals surface area (Å²) in [6.45, 7) is 0.595. The summed E-state index contributed by atoms with van der Waals surface area (Å²) in [4.78, 5) is 12.7. The molecule has 2 atom stereocenters. The highest BCUT2D eigenvalue weighted by Crippen LogP contribution is 2.21. The van der Waals surface area contributed by atoms with Gasteiger partial charge in [0, 0.05) is 16.2 Å². The van der Waals surface area contributed by atoms with Crippen LogP contribution >= 0.6 is 22.6 Å². The van der Waals surface area contributed by atoms with E-state index in [-0.39, 0.29) is 12.1 Å². The van der Waals surface area contributed by atoms with Crippen molar-refractivity contribution in [2.45, 2.75) is 31.3 Å². The highest BCUT2D eigenvalue weighted by atomic mass is 127. The molecule has 1 heterocycles. The van der Waals surface area contributed by atoms with E-state index in [2.05, 4.69) is 28.7 Å². The first kappa shape index (κ1) is 13.6. The van der Waals surface area contributed by atoms with Gasteiger partial charge in [-0.3, -0.25) is 0 Å². The zero-order valence-electron chi connectivity index (χ0n) is 10.1. The molecule has 1 fully saturated rings. The smallest absolute Gasteiger partial charge is 0.407 e. The maximum Gasteiger partial charge on any atom is 0.407 e. The van der Waals surface area contributed by atoms with Crippen molar-refractivity contribution in [2.24, 2.45) is 5.73 Å². The third-order valence-electron chi connectivity index (χ3n) is 3.41. The molecule has 0 bridgehead atoms. The lowest BCUT2D eigenvalue weighted by Crippen LogP contribution is -2.54. The van der Waals surface area contributed by atoms with Crippen LogP contribution in [0.4, 0.5) is 4.79 Å². The molecule has 0 spiro atoms. The maximum atomic E-state index is 11.2. The number of rotatable bonds is 2. The molecule has 3 N–H and O–H groups in total. The van der Waals surface area contributed by atoms with E-state index in [4.69, 9.17) is 5.73 Å². The van der Waals surface area contributed by atoms with E-state index in [9.17, 15) is 9.90 Å². The molecule has 4 nitrogen and oxygen atoms in total. The SMILES string of the molecule is N[C@H]1CCCN(C(=O)O)[C@H]1Cc1cccc(I)c1. The van der Waals surface area contributed by atoms with Crippen LogP contribution < -0.4 is 5.73 Å². The van der Waals surface area contributed by atoms with Gasteiger partial charge in [0.25, 0.3) is 0 Å². The van der Waals surface area contributed by atoms with Crippen LogP contribution in [0.5, 0.6) is 0 Å². The van der Waals surface area contributed by atoms with Crippen molar-refractivity contribution in [1.82, 2.24) is 4.90 Å². The summed E-state index contributed by atoms with van der Waals surface area (Å²) in [7, 11) is 0. The van der Waals surface area contributed by atoms with E-state index in [0.717, 1.165) is 22.0 Å². The minimum absolute atomic E-state index is 0.0623. The lowest BCUT2D eigenvalue weighted by Gasteiger charge is -2.38. The second-order valence-corrected chi connectivity index (χ2v) is 5.93. The molecule has 1 aromatic carbocycles. The second-order valence-electron chi connectivity index (χ2n) is 4.68. The summed E-state index contributed by atoms with van der Waals surface area (Å²) in [6, 6.07) is 7.98. The number of carbonyl (C=O) groups is 1. The van der Waals surface area contributed by atoms with Gasteiger partial charge in [-0.05, 0) is 59.5 Å². The van der Waals surface area contributed by atoms with Gasteiger partial charge in [0.1, 0.15) is 0 Å². The molecule has 1 aliphatic heterocycles. The highest BCUT2D eigenvalue weighted by molar-refractivity contribution is 14.1. The predicted molar refractivity (Wildman–Crippen MR) is 78.6 cm³/mol. The first-order valence-corrected chi connectivity index (χ1v) is 7.15. The molecule has 0 saturated carbocycles. The van der Waals surface area contributed by atoms with Crippen LogP contribution in [0, 0.1) is 3.57 Å². The van der Waals surface area contributed by atoms with E-state index in [1.807, 2.05) is 18.2 Å². The average Bonchev–Trinajstić information content (AvgIpc) is 2.31. The molecule has 0 aliphatic carbocycles. The first-order valence-electron chi connectivity index (χ1n) is 6.07. The van der Waals surface area contributed by atoms with Gasteiger partial charge < -0.3 is 15.7 Å². The molecular formula is C13H17IN2O2. The molecule has 0 unspecified atom stereocenters. The fraction of sp³-hybridized carbons (Fsp3) is 0.462. The van der Waals surface area contributed by atoms with E-state index < -0.39 is 6.09 Å². The fourth-order valence-electron chi connectivity index (χ4n) is 2.49. The molecule has 98 valence electrons. The summed E-state index contributed by atoms with van der Waals surface area (Å²) in [5.41, 5.74) is 7.23. The third kappa shape index (κ3) is 3.14. The molecular weight excluding hydrogens is 343 g/mol. The van der Waals surface area contributed by atoms with Gasteiger partial charge in [-0.25, -0.2) is 4.79 Å². The molecule has 5 heteroatoms. The second kappa shape index (κ2) is 5.88. The van der Waals surface area contributed by atoms with Crippen LogP contribution in [-0.4, -0.2) is 34.7 Å². The number of carboxylic acid groups (broad SMARTS) is 1. The van der Waals surface area contributed by atoms with Gasteiger partial charge in [0.05, 0.1) is 6.04 Å². The number of hydrogen-bond acceptors (Lipinski definition) is 2. The zero-order chi connectivity index (χ0) is 13.1. The number of nitrogens with zero attached hydrogens (tertiary/aromatic N) is 1. The molecule has 2 rings (SSSR count). The van der Waals surface area contributed by atoms with E-state index in [1.165, 1.54) is 4.90 Å². The lowest BCUT2D eigenvalue weighted by atomic mass is 9.92. The van der Waals surface area contributed by atoms with E-state index in [0.29, 0.717) is 13.0 Å². The van der Waals surface area contributed by atoms with Gasteiger partial charge in [0.15, 0.2) is 0 Å². The van der Waals surface area contributed by atoms with Gasteiger partial charge >= 0.3 is 6.09 Å². The molecule has 0 radical (unpaired) electrons. The Hall–Kier alpha value is -0.820. The Morgan fingerprint density at radius 1 is 1.56 bits per heavy atom. The van der Waals surface area contributed by atoms with Crippen LogP contribution in [0.2, 0.25) is 0 Å². The predicted octanol–water partition coefficient (Wildman–Crippen LogP) is 2.30. The van der Waals surface area contributed by atoms with Crippen molar-refractivity contribution in [3.8, 4) is 0 Å². The van der Waals surface area contributed by atoms with Crippen molar-refractivity contribution < 1.29 is 9.90 Å². The van der Waals surface area contributed by atoms with Crippen LogP contribution in [-0.2, 0) is 6.42 Å². The summed E-state index contributed by atoms with van der Waals surface area (Å²) in [5.74, 6) is 0. The Morgan fingerprint density at radius 2 is 2.33 bits per heavy atom. The Labute approximate surface area is 120 Å². The van der Waals surface area contributed by atoms with Crippen molar-refractivity contribution in [1.29, 1.82) is 0 Å². The van der Waals surface area contributed by atoms with E-state index in [1.54, 1.807) is 0 Å². The normalized spacial score (nSPS) is 24.0. The van der Waals surface area contributed by atoms with Crippen LogP contribution in [0.25, 0.3) is 0 Å². The van der Waals surface area contributed by atoms with Crippen molar-refractivity contribution in [2.75, 3.05) is 6.54 Å². The Bertz CT molecular complexity index is 439. The molecule has 1 amide bonds. The number of amides is 1. The summed E-state index contributed by atoms with van der Waals surface area (Å²) >= 11 is 2.26. The first-order chi connectivity index (χ1) is 8.58. The maximum absolute atomic E-state index is 11.2. The standard InChI is InChI=1S/C13H17IN2O2/c14-10-4-1-3-9(7-10)8-12-11(15)5-2-6-16(12)13(17)18/h1,3-4,7,11-12H,2,5-6,8,15H2,(H,17,18)/t11-,12-/m0/s1. The minimum Gasteiger partial charge on any atom is -0.465 e. The molecule has 1 aromatic rings. The number of piperidine rings is 1. The number of nitrogens with two attached hydrogens (primary N) is 1. The monoisotopic (exact) mass is 360 g/mol. The van der Waals surface area contributed by atoms with Crippen molar-refractivity contribution in [3.63, 3.8) is 0 Å². The van der Waals surface area contributed by atoms with Crippen LogP contribution in [0.3, 0.4) is 0 Å². The summed E-state index contributed by atoms with van der Waals surface area (Å²) < 4.78 is 1.16. The number of hydrogen-bond donors (Lipinski definition) is 2. The van der Waals surface area contributed by atoms with Crippen LogP contribution in [0.15, 0.2) is 24.3 Å². The minimum atomic E-state index is -0.860. The third-order valence-corrected chi connectivity index (χ3v) is 4.08. The molecule has 1 saturated heterocycles. The Morgan fingerprint density at radius 3 is 3.00 bits per heavy atom. The Balaban J connectivity index is 2.15. The summed E-state index contributed by atoms with van der Waals surface area (Å²) in [5, 5.41) is 9.23. The number of halogens is 1. The molecule has 18 heavy (non-hydrogen) atoms. The lowest BCUT2D eigenvalue weighted by molar-refractivity contribution is 0.0974. The van der Waals surface area contributed by atoms with Gasteiger partial charge in [-0.1, -0.05) is 12.1 Å². The quantitative estimate of drug-likeness (QED) is 0.796. The Kier molecular flexibility index (Phi) is 4.45. The average molecular weight is 360 g/mol. The van der Waals surface area contributed by atoms with Crippen molar-refractivity contribution in [3.05, 3.63) is 33.4 Å². The number of benzene rings is 1. The van der Waals surface area contributed by atoms with Gasteiger partial charge in [-0.15, -0.1) is 0 Å². The zero-order valence-corrected chi connectivity index (χ0v) is 12.2. The fourth-order valence-corrected chi connectivity index (χ4v) is 3.10. The molecule has 0 aromatic heterocycles. The molecule has 1 aliphatic rings. The topological polar surface area (TPSA) is 66.6 Å². The van der Waals surface area contributed by atoms with Gasteiger partial charge in [0.2, 0.25) is 0 Å². The number of likely N-dealkylation sites (tertiary alicyclic amines) is 1. The highest BCUT2D eigenvalue weighted by Gasteiger charge is 2.32. The van der Waals surface area contributed by atoms with Crippen molar-refractivity contribution >= 4 is 28.7 Å². The van der Waals surface area contributed by atoms with E-state index >= 15 is 0 Å².